The number of methoxy groups -OCH3 is 1. The van der Waals surface area contributed by atoms with Crippen LogP contribution in [0, 0.1) is 3.57 Å². The molecule has 0 atom stereocenters. The molecule has 0 aromatic heterocycles. The number of hydrogen-bond acceptors (Lipinski definition) is 3. The molecule has 0 aliphatic rings. The smallest absolute Gasteiger partial charge is 0.174 e. The highest BCUT2D eigenvalue weighted by Gasteiger charge is 2.10. The van der Waals surface area contributed by atoms with Gasteiger partial charge in [-0.15, -0.1) is 0 Å². The van der Waals surface area contributed by atoms with Crippen molar-refractivity contribution in [1.29, 1.82) is 0 Å². The van der Waals surface area contributed by atoms with E-state index < -0.39 is 0 Å². The predicted octanol–water partition coefficient (Wildman–Crippen LogP) is 2.51. The molecule has 3 nitrogen and oxygen atoms in total. The van der Waals surface area contributed by atoms with Gasteiger partial charge in [-0.05, 0) is 41.6 Å². The zero-order chi connectivity index (χ0) is 10.6. The Labute approximate surface area is 96.5 Å². The number of carbonyl (C=O) groups is 1. The van der Waals surface area contributed by atoms with Crippen LogP contribution in [0.5, 0.6) is 11.5 Å². The van der Waals surface area contributed by atoms with Crippen molar-refractivity contribution in [3.63, 3.8) is 0 Å². The van der Waals surface area contributed by atoms with Gasteiger partial charge in [-0.1, -0.05) is 0 Å². The van der Waals surface area contributed by atoms with Crippen LogP contribution in [-0.4, -0.2) is 20.0 Å². The molecule has 0 saturated heterocycles. The quantitative estimate of drug-likeness (QED) is 0.633. The van der Waals surface area contributed by atoms with Gasteiger partial charge < -0.3 is 9.47 Å². The number of benzene rings is 1. The molecule has 0 aliphatic heterocycles. The summed E-state index contributed by atoms with van der Waals surface area (Å²) >= 11 is 2.11. The van der Waals surface area contributed by atoms with Crippen molar-refractivity contribution < 1.29 is 14.3 Å². The minimum absolute atomic E-state index is 0.550. The SMILES string of the molecule is CCOc1cc(C=O)cc(I)c1OC. The molecule has 4 heteroatoms. The Bertz CT molecular complexity index is 336. The first kappa shape index (κ1) is 11.3. The van der Waals surface area contributed by atoms with Crippen LogP contribution in [0.25, 0.3) is 0 Å². The van der Waals surface area contributed by atoms with Gasteiger partial charge >= 0.3 is 0 Å². The van der Waals surface area contributed by atoms with Crippen molar-refractivity contribution in [2.45, 2.75) is 6.92 Å². The van der Waals surface area contributed by atoms with Crippen LogP contribution >= 0.6 is 22.6 Å². The highest BCUT2D eigenvalue weighted by Crippen LogP contribution is 2.33. The summed E-state index contributed by atoms with van der Waals surface area (Å²) in [7, 11) is 1.58. The van der Waals surface area contributed by atoms with E-state index in [-0.39, 0.29) is 0 Å². The number of rotatable bonds is 4. The first-order valence-corrected chi connectivity index (χ1v) is 5.26. The minimum Gasteiger partial charge on any atom is -0.492 e. The van der Waals surface area contributed by atoms with Gasteiger partial charge in [0.05, 0.1) is 17.3 Å². The summed E-state index contributed by atoms with van der Waals surface area (Å²) in [6.07, 6.45) is 0.796. The maximum Gasteiger partial charge on any atom is 0.174 e. The normalized spacial score (nSPS) is 9.64. The Balaban J connectivity index is 3.20. The molecule has 76 valence electrons. The molecule has 1 aromatic rings. The maximum atomic E-state index is 10.6. The molecule has 0 aliphatic carbocycles. The highest BCUT2D eigenvalue weighted by molar-refractivity contribution is 14.1. The average Bonchev–Trinajstić information content (AvgIpc) is 2.18. The molecule has 1 rings (SSSR count). The first-order valence-electron chi connectivity index (χ1n) is 4.18. The van der Waals surface area contributed by atoms with E-state index in [1.807, 2.05) is 6.92 Å². The standard InChI is InChI=1S/C10H11IO3/c1-3-14-9-5-7(6-12)4-8(11)10(9)13-2/h4-6H,3H2,1-2H3. The molecular weight excluding hydrogens is 295 g/mol. The van der Waals surface area contributed by atoms with E-state index in [4.69, 9.17) is 9.47 Å². The predicted molar refractivity (Wildman–Crippen MR) is 62.3 cm³/mol. The number of carbonyl (C=O) groups excluding carboxylic acids is 1. The topological polar surface area (TPSA) is 35.5 Å². The lowest BCUT2D eigenvalue weighted by molar-refractivity contribution is 0.112. The minimum atomic E-state index is 0.550. The van der Waals surface area contributed by atoms with Gasteiger partial charge in [0.2, 0.25) is 0 Å². The third kappa shape index (κ3) is 2.37. The molecule has 1 aromatic carbocycles. The Kier molecular flexibility index (Phi) is 4.19. The van der Waals surface area contributed by atoms with E-state index in [1.165, 1.54) is 0 Å². The van der Waals surface area contributed by atoms with Crippen LogP contribution in [0.1, 0.15) is 17.3 Å². The average molecular weight is 306 g/mol. The summed E-state index contributed by atoms with van der Waals surface area (Å²) in [5, 5.41) is 0. The molecule has 0 heterocycles. The van der Waals surface area contributed by atoms with Crippen LogP contribution in [0.3, 0.4) is 0 Å². The fraction of sp³-hybridized carbons (Fsp3) is 0.300. The van der Waals surface area contributed by atoms with Crippen molar-refractivity contribution in [3.05, 3.63) is 21.3 Å². The fourth-order valence-electron chi connectivity index (χ4n) is 1.12. The van der Waals surface area contributed by atoms with E-state index >= 15 is 0 Å². The van der Waals surface area contributed by atoms with Crippen LogP contribution in [0.2, 0.25) is 0 Å². The third-order valence-electron chi connectivity index (χ3n) is 1.67. The first-order chi connectivity index (χ1) is 6.72. The summed E-state index contributed by atoms with van der Waals surface area (Å²) in [6.45, 7) is 2.44. The molecule has 0 unspecified atom stereocenters. The van der Waals surface area contributed by atoms with Gasteiger partial charge in [-0.2, -0.15) is 0 Å². The van der Waals surface area contributed by atoms with Crippen LogP contribution in [0.15, 0.2) is 12.1 Å². The molecule has 0 N–H and O–H groups in total. The number of ether oxygens (including phenoxy) is 2. The van der Waals surface area contributed by atoms with E-state index in [9.17, 15) is 4.79 Å². The summed E-state index contributed by atoms with van der Waals surface area (Å²) in [5.41, 5.74) is 0.596. The van der Waals surface area contributed by atoms with Crippen LogP contribution in [0.4, 0.5) is 0 Å². The molecule has 0 saturated carbocycles. The van der Waals surface area contributed by atoms with Crippen molar-refractivity contribution in [2.24, 2.45) is 0 Å². The van der Waals surface area contributed by atoms with E-state index in [0.29, 0.717) is 23.7 Å². The second-order valence-corrected chi connectivity index (χ2v) is 3.75. The van der Waals surface area contributed by atoms with E-state index in [2.05, 4.69) is 22.6 Å². The Morgan fingerprint density at radius 2 is 2.21 bits per heavy atom. The van der Waals surface area contributed by atoms with Gasteiger partial charge in [0.15, 0.2) is 11.5 Å². The summed E-state index contributed by atoms with van der Waals surface area (Å²) in [6, 6.07) is 3.44. The fourth-order valence-corrected chi connectivity index (χ4v) is 1.96. The van der Waals surface area contributed by atoms with Gasteiger partial charge in [-0.3, -0.25) is 4.79 Å². The van der Waals surface area contributed by atoms with Gasteiger partial charge in [0.1, 0.15) is 6.29 Å². The van der Waals surface area contributed by atoms with Crippen molar-refractivity contribution >= 4 is 28.9 Å². The second kappa shape index (κ2) is 5.19. The van der Waals surface area contributed by atoms with Crippen molar-refractivity contribution in [2.75, 3.05) is 13.7 Å². The van der Waals surface area contributed by atoms with Gasteiger partial charge in [0.25, 0.3) is 0 Å². The largest absolute Gasteiger partial charge is 0.492 e. The van der Waals surface area contributed by atoms with Crippen LogP contribution < -0.4 is 9.47 Å². The third-order valence-corrected chi connectivity index (χ3v) is 2.47. The van der Waals surface area contributed by atoms with Gasteiger partial charge in [0, 0.05) is 5.56 Å². The second-order valence-electron chi connectivity index (χ2n) is 2.58. The summed E-state index contributed by atoms with van der Waals surface area (Å²) < 4.78 is 11.4. The Hall–Kier alpha value is -0.780. The lowest BCUT2D eigenvalue weighted by atomic mass is 10.2. The van der Waals surface area contributed by atoms with Gasteiger partial charge in [-0.25, -0.2) is 0 Å². The van der Waals surface area contributed by atoms with E-state index in [1.54, 1.807) is 19.2 Å². The summed E-state index contributed by atoms with van der Waals surface area (Å²) in [5.74, 6) is 1.29. The highest BCUT2D eigenvalue weighted by atomic mass is 127. The molecule has 0 spiro atoms. The zero-order valence-corrected chi connectivity index (χ0v) is 10.2. The zero-order valence-electron chi connectivity index (χ0n) is 8.04. The van der Waals surface area contributed by atoms with Crippen molar-refractivity contribution in [3.8, 4) is 11.5 Å². The maximum absolute atomic E-state index is 10.6. The van der Waals surface area contributed by atoms with Crippen molar-refractivity contribution in [1.82, 2.24) is 0 Å². The molecule has 0 amide bonds. The monoisotopic (exact) mass is 306 g/mol. The lowest BCUT2D eigenvalue weighted by Crippen LogP contribution is -1.98. The Morgan fingerprint density at radius 3 is 2.71 bits per heavy atom. The van der Waals surface area contributed by atoms with E-state index in [0.717, 1.165) is 9.86 Å². The summed E-state index contributed by atoms with van der Waals surface area (Å²) in [4.78, 5) is 10.6. The number of aldehydes is 1. The Morgan fingerprint density at radius 1 is 1.50 bits per heavy atom. The molecule has 14 heavy (non-hydrogen) atoms. The molecule has 0 fully saturated rings. The number of halogens is 1. The van der Waals surface area contributed by atoms with Crippen LogP contribution in [-0.2, 0) is 0 Å². The lowest BCUT2D eigenvalue weighted by Gasteiger charge is -2.11. The molecule has 0 radical (unpaired) electrons. The molecular formula is C10H11IO3. The number of hydrogen-bond donors (Lipinski definition) is 0. The molecule has 0 bridgehead atoms.